The van der Waals surface area contributed by atoms with E-state index in [1.807, 2.05) is 13.1 Å². The predicted octanol–water partition coefficient (Wildman–Crippen LogP) is 2.79. The van der Waals surface area contributed by atoms with Gasteiger partial charge in [-0.2, -0.15) is 4.39 Å². The molecular formula is C11H19FO3Si. The average molecular weight is 246 g/mol. The van der Waals surface area contributed by atoms with Gasteiger partial charge in [0.05, 0.1) is 0 Å². The average Bonchev–Trinajstić information content (AvgIpc) is 2.54. The van der Waals surface area contributed by atoms with Crippen LogP contribution in [-0.2, 0) is 14.0 Å². The molecule has 0 saturated heterocycles. The van der Waals surface area contributed by atoms with Crippen LogP contribution >= 0.6 is 0 Å². The number of cyclic esters (lactones) is 1. The van der Waals surface area contributed by atoms with E-state index >= 15 is 0 Å². The first-order chi connectivity index (χ1) is 7.37. The molecule has 0 spiro atoms. The largest absolute Gasteiger partial charge is 0.419 e. The smallest absolute Gasteiger partial charge is 0.333 e. The minimum atomic E-state index is -2.05. The highest BCUT2D eigenvalue weighted by atomic mass is 28.4. The number of carbonyl (C=O) groups excluding carboxylic acids is 1. The number of unbranched alkanes of at least 4 members (excludes halogenated alkanes) is 1. The van der Waals surface area contributed by atoms with Gasteiger partial charge in [0.2, 0.25) is 0 Å². The van der Waals surface area contributed by atoms with Crippen molar-refractivity contribution in [3.05, 3.63) is 12.2 Å². The topological polar surface area (TPSA) is 35.5 Å². The summed E-state index contributed by atoms with van der Waals surface area (Å²) in [5.74, 6) is -2.69. The summed E-state index contributed by atoms with van der Waals surface area (Å²) in [6, 6.07) is 0.997. The van der Waals surface area contributed by atoms with Crippen LogP contribution in [-0.4, -0.2) is 26.7 Å². The summed E-state index contributed by atoms with van der Waals surface area (Å²) in [4.78, 5) is 10.8. The molecule has 16 heavy (non-hydrogen) atoms. The fourth-order valence-electron chi connectivity index (χ4n) is 1.47. The molecular weight excluding hydrogens is 227 g/mol. The molecule has 0 aromatic heterocycles. The maximum absolute atomic E-state index is 13.8. The van der Waals surface area contributed by atoms with Gasteiger partial charge in [-0.25, -0.2) is 4.79 Å². The number of halogens is 1. The molecule has 0 bridgehead atoms. The van der Waals surface area contributed by atoms with E-state index < -0.39 is 20.1 Å². The van der Waals surface area contributed by atoms with E-state index in [9.17, 15) is 9.18 Å². The lowest BCUT2D eigenvalue weighted by molar-refractivity contribution is -0.165. The maximum Gasteiger partial charge on any atom is 0.333 e. The van der Waals surface area contributed by atoms with Crippen LogP contribution in [0.5, 0.6) is 0 Å². The van der Waals surface area contributed by atoms with Crippen LogP contribution < -0.4 is 0 Å². The molecule has 0 amide bonds. The van der Waals surface area contributed by atoms with E-state index in [0.717, 1.165) is 31.0 Å². The summed E-state index contributed by atoms with van der Waals surface area (Å²) < 4.78 is 23.9. The first kappa shape index (κ1) is 13.4. The molecule has 0 unspecified atom stereocenters. The summed E-state index contributed by atoms with van der Waals surface area (Å²) in [6.45, 7) is 6.03. The predicted molar refractivity (Wildman–Crippen MR) is 62.2 cm³/mol. The molecule has 0 saturated carbocycles. The van der Waals surface area contributed by atoms with Crippen molar-refractivity contribution < 1.29 is 18.3 Å². The SMILES string of the molecule is CCCC[Si](C)(C)OC[C@]1(F)C=CC(=O)O1. The second-order valence-electron chi connectivity index (χ2n) is 4.69. The highest BCUT2D eigenvalue weighted by Gasteiger charge is 2.38. The van der Waals surface area contributed by atoms with Crippen LogP contribution in [0.1, 0.15) is 19.8 Å². The van der Waals surface area contributed by atoms with Gasteiger partial charge in [-0.3, -0.25) is 0 Å². The Balaban J connectivity index is 2.39. The summed E-state index contributed by atoms with van der Waals surface area (Å²) >= 11 is 0. The van der Waals surface area contributed by atoms with Crippen molar-refractivity contribution in [2.45, 2.75) is 44.8 Å². The second kappa shape index (κ2) is 5.10. The van der Waals surface area contributed by atoms with Crippen LogP contribution in [0.15, 0.2) is 12.2 Å². The molecule has 1 aliphatic heterocycles. The van der Waals surface area contributed by atoms with Gasteiger partial charge in [0, 0.05) is 12.2 Å². The number of hydrogen-bond acceptors (Lipinski definition) is 3. The fraction of sp³-hybridized carbons (Fsp3) is 0.727. The number of esters is 1. The van der Waals surface area contributed by atoms with E-state index in [4.69, 9.17) is 4.43 Å². The Morgan fingerprint density at radius 1 is 1.56 bits per heavy atom. The van der Waals surface area contributed by atoms with Gasteiger partial charge in [0.15, 0.2) is 8.32 Å². The molecule has 92 valence electrons. The maximum atomic E-state index is 13.8. The molecule has 3 nitrogen and oxygen atoms in total. The minimum Gasteiger partial charge on any atom is -0.419 e. The Hall–Kier alpha value is -0.683. The Morgan fingerprint density at radius 3 is 2.75 bits per heavy atom. The van der Waals surface area contributed by atoms with E-state index in [1.54, 1.807) is 0 Å². The van der Waals surface area contributed by atoms with Gasteiger partial charge in [0.1, 0.15) is 6.61 Å². The molecule has 0 fully saturated rings. The third-order valence-electron chi connectivity index (χ3n) is 2.53. The van der Waals surface area contributed by atoms with Crippen LogP contribution in [0.3, 0.4) is 0 Å². The Kier molecular flexibility index (Phi) is 4.26. The van der Waals surface area contributed by atoms with E-state index in [0.29, 0.717) is 0 Å². The number of ether oxygens (including phenoxy) is 1. The molecule has 0 N–H and O–H groups in total. The zero-order valence-electron chi connectivity index (χ0n) is 10.1. The third kappa shape index (κ3) is 4.06. The lowest BCUT2D eigenvalue weighted by atomic mass is 10.3. The van der Waals surface area contributed by atoms with Crippen LogP contribution in [0.2, 0.25) is 19.1 Å². The monoisotopic (exact) mass is 246 g/mol. The molecule has 0 radical (unpaired) electrons. The molecule has 0 aromatic carbocycles. The van der Waals surface area contributed by atoms with Gasteiger partial charge >= 0.3 is 5.97 Å². The van der Waals surface area contributed by atoms with Crippen molar-refractivity contribution in [3.63, 3.8) is 0 Å². The van der Waals surface area contributed by atoms with Gasteiger partial charge in [0.25, 0.3) is 5.85 Å². The Morgan fingerprint density at radius 2 is 2.25 bits per heavy atom. The Labute approximate surface area is 96.8 Å². The molecule has 1 rings (SSSR count). The number of hydrogen-bond donors (Lipinski definition) is 0. The standard InChI is InChI=1S/C11H19FO3Si/c1-4-5-8-16(2,3)14-9-11(12)7-6-10(13)15-11/h6-7H,4-5,8-9H2,1-3H3/t11-/m0/s1. The molecule has 1 atom stereocenters. The summed E-state index contributed by atoms with van der Waals surface area (Å²) in [7, 11) is -1.83. The minimum absolute atomic E-state index is 0.182. The fourth-order valence-corrected chi connectivity index (χ4v) is 3.41. The summed E-state index contributed by atoms with van der Waals surface area (Å²) in [6.07, 6.45) is 4.42. The van der Waals surface area contributed by atoms with Crippen molar-refractivity contribution in [1.82, 2.24) is 0 Å². The number of rotatable bonds is 6. The van der Waals surface area contributed by atoms with Crippen molar-refractivity contribution in [2.24, 2.45) is 0 Å². The normalized spacial score (nSPS) is 24.9. The summed E-state index contributed by atoms with van der Waals surface area (Å²) in [5.41, 5.74) is 0. The van der Waals surface area contributed by atoms with Crippen LogP contribution in [0.25, 0.3) is 0 Å². The van der Waals surface area contributed by atoms with E-state index in [1.165, 1.54) is 0 Å². The Bertz CT molecular complexity index is 291. The number of carbonyl (C=O) groups is 1. The van der Waals surface area contributed by atoms with E-state index in [2.05, 4.69) is 11.7 Å². The quantitative estimate of drug-likeness (QED) is 0.534. The zero-order valence-corrected chi connectivity index (χ0v) is 11.1. The zero-order chi connectivity index (χ0) is 12.2. The highest BCUT2D eigenvalue weighted by molar-refractivity contribution is 6.71. The second-order valence-corrected chi connectivity index (χ2v) is 9.00. The van der Waals surface area contributed by atoms with Gasteiger partial charge in [-0.05, 0) is 19.1 Å². The lowest BCUT2D eigenvalue weighted by Gasteiger charge is -2.26. The first-order valence-electron chi connectivity index (χ1n) is 5.62. The third-order valence-corrected chi connectivity index (χ3v) is 5.01. The molecule has 1 heterocycles. The van der Waals surface area contributed by atoms with Crippen molar-refractivity contribution in [2.75, 3.05) is 6.61 Å². The first-order valence-corrected chi connectivity index (χ1v) is 8.73. The van der Waals surface area contributed by atoms with Crippen LogP contribution in [0.4, 0.5) is 4.39 Å². The van der Waals surface area contributed by atoms with Gasteiger partial charge in [-0.1, -0.05) is 19.8 Å². The van der Waals surface area contributed by atoms with Crippen molar-refractivity contribution in [3.8, 4) is 0 Å². The molecule has 1 aliphatic rings. The lowest BCUT2D eigenvalue weighted by Crippen LogP contribution is -2.38. The van der Waals surface area contributed by atoms with Crippen LogP contribution in [0, 0.1) is 0 Å². The molecule has 0 aromatic rings. The molecule has 0 aliphatic carbocycles. The van der Waals surface area contributed by atoms with E-state index in [-0.39, 0.29) is 6.61 Å². The van der Waals surface area contributed by atoms with Crippen molar-refractivity contribution in [1.29, 1.82) is 0 Å². The highest BCUT2D eigenvalue weighted by Crippen LogP contribution is 2.25. The summed E-state index contributed by atoms with van der Waals surface area (Å²) in [5, 5.41) is 0. The van der Waals surface area contributed by atoms with Crippen molar-refractivity contribution >= 4 is 14.3 Å². The molecule has 5 heteroatoms. The number of alkyl halides is 1. The van der Waals surface area contributed by atoms with Gasteiger partial charge < -0.3 is 9.16 Å². The van der Waals surface area contributed by atoms with Gasteiger partial charge in [-0.15, -0.1) is 0 Å².